The van der Waals surface area contributed by atoms with E-state index in [0.717, 1.165) is 18.7 Å². The van der Waals surface area contributed by atoms with Gasteiger partial charge >= 0.3 is 0 Å². The molecule has 1 aromatic carbocycles. The Kier molecular flexibility index (Phi) is 6.20. The molecule has 0 radical (unpaired) electrons. The zero-order valence-corrected chi connectivity index (χ0v) is 12.4. The molecule has 1 N–H and O–H groups in total. The smallest absolute Gasteiger partial charge is 0.124 e. The third-order valence-corrected chi connectivity index (χ3v) is 3.34. The molecule has 2 nitrogen and oxygen atoms in total. The third-order valence-electron chi connectivity index (χ3n) is 3.34. The molecule has 0 bridgehead atoms. The number of hydrogen-bond donors (Lipinski definition) is 1. The number of benzene rings is 1. The fraction of sp³-hybridized carbons (Fsp3) is 0.625. The van der Waals surface area contributed by atoms with E-state index in [1.165, 1.54) is 5.56 Å². The summed E-state index contributed by atoms with van der Waals surface area (Å²) in [5.41, 5.74) is 1.25. The zero-order chi connectivity index (χ0) is 13.5. The van der Waals surface area contributed by atoms with Gasteiger partial charge in [0.1, 0.15) is 5.75 Å². The average Bonchev–Trinajstić information content (AvgIpc) is 2.36. The summed E-state index contributed by atoms with van der Waals surface area (Å²) in [6.07, 6.45) is 1.39. The summed E-state index contributed by atoms with van der Waals surface area (Å²) >= 11 is 0. The summed E-state index contributed by atoms with van der Waals surface area (Å²) < 4.78 is 6.07. The Bertz CT molecular complexity index is 349. The number of nitrogens with one attached hydrogen (secondary N) is 1. The second kappa shape index (κ2) is 7.42. The van der Waals surface area contributed by atoms with Gasteiger partial charge in [-0.1, -0.05) is 39.0 Å². The monoisotopic (exact) mass is 249 g/mol. The molecule has 0 aliphatic heterocycles. The SMILES string of the molecule is CCCNC(C)c1ccccc1OC(C)C(C)C. The molecule has 18 heavy (non-hydrogen) atoms. The highest BCUT2D eigenvalue weighted by molar-refractivity contribution is 5.35. The first-order valence-electron chi connectivity index (χ1n) is 7.05. The number of hydrogen-bond acceptors (Lipinski definition) is 2. The lowest BCUT2D eigenvalue weighted by molar-refractivity contribution is 0.168. The summed E-state index contributed by atoms with van der Waals surface area (Å²) in [5, 5.41) is 3.51. The van der Waals surface area contributed by atoms with Crippen LogP contribution < -0.4 is 10.1 Å². The maximum Gasteiger partial charge on any atom is 0.124 e. The minimum atomic E-state index is 0.240. The van der Waals surface area contributed by atoms with Crippen molar-refractivity contribution in [3.63, 3.8) is 0 Å². The molecular formula is C16H27NO. The van der Waals surface area contributed by atoms with E-state index < -0.39 is 0 Å². The molecule has 0 saturated carbocycles. The minimum Gasteiger partial charge on any atom is -0.490 e. The molecule has 2 atom stereocenters. The number of ether oxygens (including phenoxy) is 1. The summed E-state index contributed by atoms with van der Waals surface area (Å²) in [6.45, 7) is 11.9. The highest BCUT2D eigenvalue weighted by Crippen LogP contribution is 2.26. The molecule has 0 aromatic heterocycles. The molecule has 0 amide bonds. The van der Waals surface area contributed by atoms with Gasteiger partial charge in [0.25, 0.3) is 0 Å². The van der Waals surface area contributed by atoms with Crippen molar-refractivity contribution in [1.29, 1.82) is 0 Å². The number of rotatable bonds is 7. The van der Waals surface area contributed by atoms with Crippen LogP contribution in [0.4, 0.5) is 0 Å². The third kappa shape index (κ3) is 4.34. The largest absolute Gasteiger partial charge is 0.490 e. The Hall–Kier alpha value is -1.02. The van der Waals surface area contributed by atoms with E-state index in [1.54, 1.807) is 0 Å². The molecule has 0 spiro atoms. The maximum atomic E-state index is 6.07. The molecule has 0 aliphatic rings. The molecule has 1 rings (SSSR count). The van der Waals surface area contributed by atoms with Crippen molar-refractivity contribution in [2.75, 3.05) is 6.54 Å². The summed E-state index contributed by atoms with van der Waals surface area (Å²) in [6, 6.07) is 8.67. The molecular weight excluding hydrogens is 222 g/mol. The predicted octanol–water partition coefficient (Wildman–Crippen LogP) is 4.17. The second-order valence-corrected chi connectivity index (χ2v) is 5.28. The Morgan fingerprint density at radius 3 is 2.39 bits per heavy atom. The van der Waals surface area contributed by atoms with E-state index >= 15 is 0 Å². The maximum absolute atomic E-state index is 6.07. The Morgan fingerprint density at radius 2 is 1.78 bits per heavy atom. The van der Waals surface area contributed by atoms with Crippen LogP contribution in [0.2, 0.25) is 0 Å². The highest BCUT2D eigenvalue weighted by Gasteiger charge is 2.14. The van der Waals surface area contributed by atoms with Gasteiger partial charge in [0.15, 0.2) is 0 Å². The molecule has 1 aromatic rings. The lowest BCUT2D eigenvalue weighted by atomic mass is 10.1. The van der Waals surface area contributed by atoms with Gasteiger partial charge in [0.2, 0.25) is 0 Å². The lowest BCUT2D eigenvalue weighted by Gasteiger charge is -2.23. The van der Waals surface area contributed by atoms with Crippen LogP contribution in [0.3, 0.4) is 0 Å². The normalized spacial score (nSPS) is 14.6. The van der Waals surface area contributed by atoms with E-state index in [-0.39, 0.29) is 6.10 Å². The predicted molar refractivity (Wildman–Crippen MR) is 78.1 cm³/mol. The van der Waals surface area contributed by atoms with Gasteiger partial charge in [-0.3, -0.25) is 0 Å². The van der Waals surface area contributed by atoms with Crippen LogP contribution >= 0.6 is 0 Å². The van der Waals surface area contributed by atoms with Crippen molar-refractivity contribution in [3.05, 3.63) is 29.8 Å². The van der Waals surface area contributed by atoms with Crippen molar-refractivity contribution in [3.8, 4) is 5.75 Å². The van der Waals surface area contributed by atoms with Crippen molar-refractivity contribution in [2.45, 2.75) is 53.2 Å². The van der Waals surface area contributed by atoms with Crippen LogP contribution in [-0.2, 0) is 0 Å². The van der Waals surface area contributed by atoms with E-state index in [4.69, 9.17) is 4.74 Å². The van der Waals surface area contributed by atoms with E-state index in [2.05, 4.69) is 58.1 Å². The van der Waals surface area contributed by atoms with E-state index in [9.17, 15) is 0 Å². The van der Waals surface area contributed by atoms with Crippen LogP contribution in [0.5, 0.6) is 5.75 Å². The molecule has 0 heterocycles. The van der Waals surface area contributed by atoms with E-state index in [0.29, 0.717) is 12.0 Å². The van der Waals surface area contributed by atoms with Crippen LogP contribution in [0.25, 0.3) is 0 Å². The van der Waals surface area contributed by atoms with Crippen molar-refractivity contribution in [2.24, 2.45) is 5.92 Å². The van der Waals surface area contributed by atoms with Gasteiger partial charge in [0, 0.05) is 11.6 Å². The molecule has 0 fully saturated rings. The molecule has 102 valence electrons. The van der Waals surface area contributed by atoms with E-state index in [1.807, 2.05) is 6.07 Å². The molecule has 2 unspecified atom stereocenters. The zero-order valence-electron chi connectivity index (χ0n) is 12.4. The molecule has 0 aliphatic carbocycles. The second-order valence-electron chi connectivity index (χ2n) is 5.28. The van der Waals surface area contributed by atoms with Crippen molar-refractivity contribution < 1.29 is 4.74 Å². The fourth-order valence-corrected chi connectivity index (χ4v) is 1.75. The Morgan fingerprint density at radius 1 is 1.11 bits per heavy atom. The molecule has 0 saturated heterocycles. The van der Waals surface area contributed by atoms with Crippen molar-refractivity contribution in [1.82, 2.24) is 5.32 Å². The standard InChI is InChI=1S/C16H27NO/c1-6-11-17-13(4)15-9-7-8-10-16(15)18-14(5)12(2)3/h7-10,12-14,17H,6,11H2,1-5H3. The van der Waals surface area contributed by atoms with Crippen LogP contribution in [0.1, 0.15) is 52.6 Å². The fourth-order valence-electron chi connectivity index (χ4n) is 1.75. The van der Waals surface area contributed by atoms with Gasteiger partial charge in [-0.25, -0.2) is 0 Å². The lowest BCUT2D eigenvalue weighted by Crippen LogP contribution is -2.23. The first-order chi connectivity index (χ1) is 8.56. The topological polar surface area (TPSA) is 21.3 Å². The first kappa shape index (κ1) is 15.0. The summed E-state index contributed by atoms with van der Waals surface area (Å²) in [4.78, 5) is 0. The van der Waals surface area contributed by atoms with Crippen LogP contribution in [-0.4, -0.2) is 12.6 Å². The minimum absolute atomic E-state index is 0.240. The quantitative estimate of drug-likeness (QED) is 0.783. The first-order valence-corrected chi connectivity index (χ1v) is 7.05. The number of para-hydroxylation sites is 1. The summed E-state index contributed by atoms with van der Waals surface area (Å²) in [7, 11) is 0. The van der Waals surface area contributed by atoms with Crippen LogP contribution in [0.15, 0.2) is 24.3 Å². The van der Waals surface area contributed by atoms with Gasteiger partial charge in [-0.2, -0.15) is 0 Å². The summed E-state index contributed by atoms with van der Waals surface area (Å²) in [5.74, 6) is 1.53. The van der Waals surface area contributed by atoms with Gasteiger partial charge < -0.3 is 10.1 Å². The Balaban J connectivity index is 2.78. The van der Waals surface area contributed by atoms with Gasteiger partial charge in [-0.05, 0) is 38.8 Å². The molecule has 2 heteroatoms. The average molecular weight is 249 g/mol. The van der Waals surface area contributed by atoms with Gasteiger partial charge in [0.05, 0.1) is 6.10 Å². The van der Waals surface area contributed by atoms with Gasteiger partial charge in [-0.15, -0.1) is 0 Å². The van der Waals surface area contributed by atoms with Crippen molar-refractivity contribution >= 4 is 0 Å². The van der Waals surface area contributed by atoms with Crippen LogP contribution in [0, 0.1) is 5.92 Å². The Labute approximate surface area is 112 Å². The highest BCUT2D eigenvalue weighted by atomic mass is 16.5.